The molecule has 140 valence electrons. The molecular weight excluding hydrogens is 324 g/mol. The minimum Gasteiger partial charge on any atom is -0.494 e. The van der Waals surface area contributed by atoms with Crippen LogP contribution in [0.4, 0.5) is 5.69 Å². The number of carbonyl (C=O) groups is 1. The first-order chi connectivity index (χ1) is 12.8. The number of unbranched alkanes of at least 4 members (excludes halogenated alkanes) is 3. The smallest absolute Gasteiger partial charge is 0.239 e. The number of rotatable bonds is 12. The standard InChI is InChI=1S/C22H30N2O2/c1-2-3-4-8-17-26-21-13-11-20(12-14-21)24-18-22(25)23-16-15-19-9-6-5-7-10-19/h5-7,9-14,24H,2-4,8,15-18H2,1H3,(H,23,25). The van der Waals surface area contributed by atoms with Gasteiger partial charge < -0.3 is 15.4 Å². The van der Waals surface area contributed by atoms with Crippen LogP contribution in [0.1, 0.15) is 38.2 Å². The number of hydrogen-bond donors (Lipinski definition) is 2. The molecule has 2 aromatic carbocycles. The van der Waals surface area contributed by atoms with Crippen LogP contribution in [0.3, 0.4) is 0 Å². The number of amides is 1. The lowest BCUT2D eigenvalue weighted by atomic mass is 10.1. The van der Waals surface area contributed by atoms with Gasteiger partial charge in [-0.05, 0) is 42.7 Å². The zero-order valence-electron chi connectivity index (χ0n) is 15.7. The van der Waals surface area contributed by atoms with E-state index in [1.165, 1.54) is 24.8 Å². The Kier molecular flexibility index (Phi) is 9.12. The van der Waals surface area contributed by atoms with Crippen molar-refractivity contribution in [3.63, 3.8) is 0 Å². The summed E-state index contributed by atoms with van der Waals surface area (Å²) < 4.78 is 5.72. The minimum absolute atomic E-state index is 0.00261. The van der Waals surface area contributed by atoms with Gasteiger partial charge in [-0.3, -0.25) is 4.79 Å². The Labute approximate surface area is 157 Å². The molecule has 0 bridgehead atoms. The Hall–Kier alpha value is -2.49. The Balaban J connectivity index is 1.60. The first kappa shape index (κ1) is 19.8. The largest absolute Gasteiger partial charge is 0.494 e. The second-order valence-electron chi connectivity index (χ2n) is 6.37. The maximum absolute atomic E-state index is 11.9. The van der Waals surface area contributed by atoms with E-state index < -0.39 is 0 Å². The first-order valence-corrected chi connectivity index (χ1v) is 9.55. The summed E-state index contributed by atoms with van der Waals surface area (Å²) in [5.74, 6) is 0.872. The Morgan fingerprint density at radius 1 is 0.962 bits per heavy atom. The van der Waals surface area contributed by atoms with Gasteiger partial charge in [-0.1, -0.05) is 56.5 Å². The fourth-order valence-corrected chi connectivity index (χ4v) is 2.62. The zero-order valence-corrected chi connectivity index (χ0v) is 15.7. The van der Waals surface area contributed by atoms with Gasteiger partial charge in [-0.15, -0.1) is 0 Å². The summed E-state index contributed by atoms with van der Waals surface area (Å²) >= 11 is 0. The second kappa shape index (κ2) is 12.0. The zero-order chi connectivity index (χ0) is 18.5. The molecule has 2 aromatic rings. The number of ether oxygens (including phenoxy) is 1. The second-order valence-corrected chi connectivity index (χ2v) is 6.37. The molecule has 0 heterocycles. The number of nitrogens with one attached hydrogen (secondary N) is 2. The van der Waals surface area contributed by atoms with E-state index in [-0.39, 0.29) is 12.5 Å². The Morgan fingerprint density at radius 3 is 2.46 bits per heavy atom. The summed E-state index contributed by atoms with van der Waals surface area (Å²) in [5, 5.41) is 6.07. The minimum atomic E-state index is -0.00261. The van der Waals surface area contributed by atoms with Gasteiger partial charge in [0, 0.05) is 12.2 Å². The van der Waals surface area contributed by atoms with Gasteiger partial charge in [0.1, 0.15) is 5.75 Å². The van der Waals surface area contributed by atoms with Gasteiger partial charge in [-0.2, -0.15) is 0 Å². The quantitative estimate of drug-likeness (QED) is 0.555. The molecule has 1 amide bonds. The third-order valence-corrected chi connectivity index (χ3v) is 4.15. The highest BCUT2D eigenvalue weighted by Crippen LogP contribution is 2.16. The molecule has 2 N–H and O–H groups in total. The van der Waals surface area contributed by atoms with Crippen LogP contribution in [0, 0.1) is 0 Å². The van der Waals surface area contributed by atoms with Crippen LogP contribution in [0.15, 0.2) is 54.6 Å². The lowest BCUT2D eigenvalue weighted by Gasteiger charge is -2.09. The maximum atomic E-state index is 11.9. The van der Waals surface area contributed by atoms with E-state index >= 15 is 0 Å². The number of benzene rings is 2. The first-order valence-electron chi connectivity index (χ1n) is 9.55. The van der Waals surface area contributed by atoms with Gasteiger partial charge in [0.05, 0.1) is 13.2 Å². The molecule has 2 rings (SSSR count). The lowest BCUT2D eigenvalue weighted by molar-refractivity contribution is -0.119. The fraction of sp³-hybridized carbons (Fsp3) is 0.409. The summed E-state index contributed by atoms with van der Waals surface area (Å²) in [4.78, 5) is 11.9. The van der Waals surface area contributed by atoms with Crippen molar-refractivity contribution in [2.24, 2.45) is 0 Å². The highest BCUT2D eigenvalue weighted by atomic mass is 16.5. The van der Waals surface area contributed by atoms with Crippen LogP contribution >= 0.6 is 0 Å². The lowest BCUT2D eigenvalue weighted by Crippen LogP contribution is -2.31. The van der Waals surface area contributed by atoms with E-state index in [9.17, 15) is 4.79 Å². The van der Waals surface area contributed by atoms with Gasteiger partial charge in [0.2, 0.25) is 5.91 Å². The molecular formula is C22H30N2O2. The topological polar surface area (TPSA) is 50.4 Å². The van der Waals surface area contributed by atoms with Crippen molar-refractivity contribution < 1.29 is 9.53 Å². The fourth-order valence-electron chi connectivity index (χ4n) is 2.62. The van der Waals surface area contributed by atoms with Crippen LogP contribution < -0.4 is 15.4 Å². The van der Waals surface area contributed by atoms with Gasteiger partial charge in [-0.25, -0.2) is 0 Å². The Morgan fingerprint density at radius 2 is 1.73 bits per heavy atom. The molecule has 0 spiro atoms. The highest BCUT2D eigenvalue weighted by Gasteiger charge is 2.01. The Bertz CT molecular complexity index is 626. The van der Waals surface area contributed by atoms with Crippen LogP contribution in [0.5, 0.6) is 5.75 Å². The number of hydrogen-bond acceptors (Lipinski definition) is 3. The van der Waals surface area contributed by atoms with E-state index in [1.807, 2.05) is 42.5 Å². The van der Waals surface area contributed by atoms with E-state index in [4.69, 9.17) is 4.74 Å². The van der Waals surface area contributed by atoms with Crippen molar-refractivity contribution in [2.75, 3.05) is 25.0 Å². The van der Waals surface area contributed by atoms with Crippen molar-refractivity contribution in [2.45, 2.75) is 39.0 Å². The van der Waals surface area contributed by atoms with Crippen molar-refractivity contribution in [3.05, 3.63) is 60.2 Å². The normalized spacial score (nSPS) is 10.3. The van der Waals surface area contributed by atoms with Gasteiger partial charge in [0.25, 0.3) is 0 Å². The SMILES string of the molecule is CCCCCCOc1ccc(NCC(=O)NCCc2ccccc2)cc1. The van der Waals surface area contributed by atoms with Crippen LogP contribution in [-0.2, 0) is 11.2 Å². The molecule has 0 radical (unpaired) electrons. The van der Waals surface area contributed by atoms with Crippen LogP contribution in [-0.4, -0.2) is 25.6 Å². The van der Waals surface area contributed by atoms with E-state index in [0.717, 1.165) is 30.9 Å². The molecule has 4 heteroatoms. The summed E-state index contributed by atoms with van der Waals surface area (Å²) in [7, 11) is 0. The highest BCUT2D eigenvalue weighted by molar-refractivity contribution is 5.80. The number of anilines is 1. The van der Waals surface area contributed by atoms with Gasteiger partial charge in [0.15, 0.2) is 0 Å². The molecule has 4 nitrogen and oxygen atoms in total. The molecule has 0 aliphatic heterocycles. The molecule has 0 saturated heterocycles. The molecule has 0 atom stereocenters. The van der Waals surface area contributed by atoms with Crippen molar-refractivity contribution in [3.8, 4) is 5.75 Å². The van der Waals surface area contributed by atoms with E-state index in [0.29, 0.717) is 6.54 Å². The predicted octanol–water partition coefficient (Wildman–Crippen LogP) is 4.42. The maximum Gasteiger partial charge on any atom is 0.239 e. The molecule has 0 aliphatic carbocycles. The molecule has 0 unspecified atom stereocenters. The van der Waals surface area contributed by atoms with Crippen molar-refractivity contribution in [1.29, 1.82) is 0 Å². The molecule has 26 heavy (non-hydrogen) atoms. The van der Waals surface area contributed by atoms with E-state index in [2.05, 4.69) is 29.7 Å². The summed E-state index contributed by atoms with van der Waals surface area (Å²) in [6.07, 6.45) is 5.66. The van der Waals surface area contributed by atoms with Gasteiger partial charge >= 0.3 is 0 Å². The van der Waals surface area contributed by atoms with Crippen LogP contribution in [0.25, 0.3) is 0 Å². The average Bonchev–Trinajstić information content (AvgIpc) is 2.68. The molecule has 0 aliphatic rings. The summed E-state index contributed by atoms with van der Waals surface area (Å²) in [6, 6.07) is 17.9. The molecule has 0 aromatic heterocycles. The monoisotopic (exact) mass is 354 g/mol. The molecule has 0 fully saturated rings. The predicted molar refractivity (Wildman–Crippen MR) is 108 cm³/mol. The van der Waals surface area contributed by atoms with Crippen molar-refractivity contribution >= 4 is 11.6 Å². The summed E-state index contributed by atoms with van der Waals surface area (Å²) in [6.45, 7) is 3.88. The third-order valence-electron chi connectivity index (χ3n) is 4.15. The summed E-state index contributed by atoms with van der Waals surface area (Å²) in [5.41, 5.74) is 2.15. The van der Waals surface area contributed by atoms with E-state index in [1.54, 1.807) is 0 Å². The van der Waals surface area contributed by atoms with Crippen LogP contribution in [0.2, 0.25) is 0 Å². The third kappa shape index (κ3) is 8.06. The van der Waals surface area contributed by atoms with Crippen molar-refractivity contribution in [1.82, 2.24) is 5.32 Å². The number of carbonyl (C=O) groups excluding carboxylic acids is 1. The average molecular weight is 354 g/mol. The molecule has 0 saturated carbocycles.